The van der Waals surface area contributed by atoms with Gasteiger partial charge in [-0.3, -0.25) is 9.10 Å². The van der Waals surface area contributed by atoms with Crippen LogP contribution in [0.15, 0.2) is 42.5 Å². The van der Waals surface area contributed by atoms with Crippen molar-refractivity contribution in [3.05, 3.63) is 59.2 Å². The summed E-state index contributed by atoms with van der Waals surface area (Å²) < 4.78 is 26.6. The molecule has 0 saturated carbocycles. The Morgan fingerprint density at radius 1 is 1.11 bits per heavy atom. The molecule has 0 heterocycles. The van der Waals surface area contributed by atoms with E-state index < -0.39 is 16.1 Å². The number of carbonyl (C=O) groups excluding carboxylic acids is 1. The first-order chi connectivity index (χ1) is 13.1. The third kappa shape index (κ3) is 4.93. The van der Waals surface area contributed by atoms with Gasteiger partial charge in [0, 0.05) is 5.69 Å². The molecule has 0 spiro atoms. The summed E-state index contributed by atoms with van der Waals surface area (Å²) in [7, 11) is -3.66. The van der Waals surface area contributed by atoms with Crippen LogP contribution in [-0.4, -0.2) is 26.6 Å². The number of para-hydroxylation sites is 1. The summed E-state index contributed by atoms with van der Waals surface area (Å²) in [6.07, 6.45) is 1.50. The van der Waals surface area contributed by atoms with Crippen LogP contribution < -0.4 is 9.62 Å². The van der Waals surface area contributed by atoms with Crippen molar-refractivity contribution >= 4 is 27.3 Å². The van der Waals surface area contributed by atoms with Crippen LogP contribution in [0, 0.1) is 13.8 Å². The average molecular weight is 403 g/mol. The molecule has 2 aromatic carbocycles. The highest BCUT2D eigenvalue weighted by molar-refractivity contribution is 7.92. The van der Waals surface area contributed by atoms with E-state index in [0.717, 1.165) is 28.6 Å². The second kappa shape index (κ2) is 8.78. The first-order valence-corrected chi connectivity index (χ1v) is 11.4. The maximum absolute atomic E-state index is 13.2. The molecule has 0 fully saturated rings. The van der Waals surface area contributed by atoms with Gasteiger partial charge in [-0.2, -0.15) is 0 Å². The second-order valence-electron chi connectivity index (χ2n) is 7.50. The Balaban J connectivity index is 2.47. The van der Waals surface area contributed by atoms with E-state index in [-0.39, 0.29) is 11.8 Å². The molecule has 6 heteroatoms. The molecular formula is C22H30N2O3S. The number of nitrogens with zero attached hydrogens (tertiary/aromatic N) is 1. The minimum absolute atomic E-state index is 0.238. The molecule has 0 aliphatic carbocycles. The van der Waals surface area contributed by atoms with Gasteiger partial charge in [0.05, 0.1) is 11.9 Å². The van der Waals surface area contributed by atoms with Crippen LogP contribution in [0.1, 0.15) is 49.8 Å². The van der Waals surface area contributed by atoms with Gasteiger partial charge in [0.1, 0.15) is 6.04 Å². The predicted octanol–water partition coefficient (Wildman–Crippen LogP) is 4.61. The summed E-state index contributed by atoms with van der Waals surface area (Å²) in [4.78, 5) is 13.2. The number of aryl methyl sites for hydroxylation is 2. The van der Waals surface area contributed by atoms with Crippen molar-refractivity contribution in [2.45, 2.75) is 53.0 Å². The van der Waals surface area contributed by atoms with Gasteiger partial charge in [0.2, 0.25) is 15.9 Å². The normalized spacial score (nSPS) is 12.7. The summed E-state index contributed by atoms with van der Waals surface area (Å²) in [5.41, 5.74) is 4.03. The largest absolute Gasteiger partial charge is 0.324 e. The Bertz CT molecular complexity index is 952. The summed E-state index contributed by atoms with van der Waals surface area (Å²) in [6, 6.07) is 12.4. The monoisotopic (exact) mass is 402 g/mol. The molecule has 1 N–H and O–H groups in total. The summed E-state index contributed by atoms with van der Waals surface area (Å²) in [6.45, 7) is 9.69. The third-order valence-electron chi connectivity index (χ3n) is 4.77. The second-order valence-corrected chi connectivity index (χ2v) is 9.36. The number of benzene rings is 2. The predicted molar refractivity (Wildman–Crippen MR) is 116 cm³/mol. The van der Waals surface area contributed by atoms with E-state index in [4.69, 9.17) is 0 Å². The molecule has 1 unspecified atom stereocenters. The van der Waals surface area contributed by atoms with Gasteiger partial charge in [0.15, 0.2) is 0 Å². The number of carbonyl (C=O) groups is 1. The number of hydrogen-bond acceptors (Lipinski definition) is 3. The van der Waals surface area contributed by atoms with Crippen molar-refractivity contribution in [3.8, 4) is 0 Å². The van der Waals surface area contributed by atoms with Gasteiger partial charge in [-0.25, -0.2) is 8.42 Å². The number of rotatable bonds is 7. The quantitative estimate of drug-likeness (QED) is 0.735. The average Bonchev–Trinajstić information content (AvgIpc) is 2.61. The SMILES string of the molecule is CCC(C(=O)Nc1ccccc1C(C)C)N(c1cc(C)ccc1C)S(C)(=O)=O. The maximum Gasteiger partial charge on any atom is 0.248 e. The number of anilines is 2. The van der Waals surface area contributed by atoms with Crippen molar-refractivity contribution in [1.82, 2.24) is 0 Å². The fourth-order valence-corrected chi connectivity index (χ4v) is 4.58. The molecular weight excluding hydrogens is 372 g/mol. The van der Waals surface area contributed by atoms with Gasteiger partial charge in [0.25, 0.3) is 0 Å². The van der Waals surface area contributed by atoms with E-state index in [2.05, 4.69) is 19.2 Å². The molecule has 0 aromatic heterocycles. The molecule has 0 aliphatic heterocycles. The molecule has 0 radical (unpaired) electrons. The number of nitrogens with one attached hydrogen (secondary N) is 1. The standard InChI is InChI=1S/C22H30N2O3S/c1-7-20(22(25)23-19-11-9-8-10-18(19)15(2)3)24(28(6,26)27)21-14-16(4)12-13-17(21)5/h8-15,20H,7H2,1-6H3,(H,23,25). The van der Waals surface area contributed by atoms with Crippen molar-refractivity contribution in [2.24, 2.45) is 0 Å². The summed E-state index contributed by atoms with van der Waals surface area (Å²) in [5, 5.41) is 2.95. The molecule has 2 rings (SSSR count). The van der Waals surface area contributed by atoms with Crippen LogP contribution in [0.5, 0.6) is 0 Å². The minimum atomic E-state index is -3.66. The van der Waals surface area contributed by atoms with Gasteiger partial charge >= 0.3 is 0 Å². The molecule has 0 saturated heterocycles. The Morgan fingerprint density at radius 2 is 1.75 bits per heavy atom. The molecule has 0 aliphatic rings. The number of amides is 1. The first kappa shape index (κ1) is 22.0. The van der Waals surface area contributed by atoms with Crippen molar-refractivity contribution < 1.29 is 13.2 Å². The van der Waals surface area contributed by atoms with Crippen LogP contribution in [0.4, 0.5) is 11.4 Å². The fraction of sp³-hybridized carbons (Fsp3) is 0.409. The fourth-order valence-electron chi connectivity index (χ4n) is 3.32. The third-order valence-corrected chi connectivity index (χ3v) is 5.94. The van der Waals surface area contributed by atoms with Gasteiger partial charge < -0.3 is 5.32 Å². The lowest BCUT2D eigenvalue weighted by Gasteiger charge is -2.31. The smallest absolute Gasteiger partial charge is 0.248 e. The Morgan fingerprint density at radius 3 is 2.32 bits per heavy atom. The van der Waals surface area contributed by atoms with Crippen LogP contribution in [-0.2, 0) is 14.8 Å². The highest BCUT2D eigenvalue weighted by atomic mass is 32.2. The minimum Gasteiger partial charge on any atom is -0.324 e. The molecule has 152 valence electrons. The lowest BCUT2D eigenvalue weighted by Crippen LogP contribution is -2.47. The van der Waals surface area contributed by atoms with Crippen molar-refractivity contribution in [2.75, 3.05) is 15.9 Å². The van der Waals surface area contributed by atoms with E-state index in [1.165, 1.54) is 4.31 Å². The summed E-state index contributed by atoms with van der Waals surface area (Å²) in [5.74, 6) is -0.0939. The lowest BCUT2D eigenvalue weighted by atomic mass is 10.0. The molecule has 0 bridgehead atoms. The van der Waals surface area contributed by atoms with E-state index in [1.807, 2.05) is 63.2 Å². The van der Waals surface area contributed by atoms with Crippen LogP contribution in [0.25, 0.3) is 0 Å². The number of hydrogen-bond donors (Lipinski definition) is 1. The van der Waals surface area contributed by atoms with Gasteiger partial charge in [-0.1, -0.05) is 51.1 Å². The molecule has 1 amide bonds. The highest BCUT2D eigenvalue weighted by Gasteiger charge is 2.32. The van der Waals surface area contributed by atoms with Crippen LogP contribution in [0.3, 0.4) is 0 Å². The Hall–Kier alpha value is -2.34. The van der Waals surface area contributed by atoms with Gasteiger partial charge in [-0.15, -0.1) is 0 Å². The number of sulfonamides is 1. The molecule has 1 atom stereocenters. The van der Waals surface area contributed by atoms with Crippen molar-refractivity contribution in [3.63, 3.8) is 0 Å². The van der Waals surface area contributed by atoms with E-state index in [1.54, 1.807) is 0 Å². The lowest BCUT2D eigenvalue weighted by molar-refractivity contribution is -0.117. The zero-order valence-corrected chi connectivity index (χ0v) is 18.3. The highest BCUT2D eigenvalue weighted by Crippen LogP contribution is 2.29. The van der Waals surface area contributed by atoms with Crippen molar-refractivity contribution in [1.29, 1.82) is 0 Å². The molecule has 5 nitrogen and oxygen atoms in total. The van der Waals surface area contributed by atoms with Gasteiger partial charge in [-0.05, 0) is 55.0 Å². The molecule has 28 heavy (non-hydrogen) atoms. The topological polar surface area (TPSA) is 66.5 Å². The zero-order valence-electron chi connectivity index (χ0n) is 17.5. The maximum atomic E-state index is 13.2. The zero-order chi connectivity index (χ0) is 21.1. The van der Waals surface area contributed by atoms with Crippen LogP contribution in [0.2, 0.25) is 0 Å². The van der Waals surface area contributed by atoms with Crippen LogP contribution >= 0.6 is 0 Å². The Labute approximate surface area is 168 Å². The Kier molecular flexibility index (Phi) is 6.88. The molecule has 2 aromatic rings. The van der Waals surface area contributed by atoms with E-state index >= 15 is 0 Å². The van der Waals surface area contributed by atoms with E-state index in [9.17, 15) is 13.2 Å². The summed E-state index contributed by atoms with van der Waals surface area (Å²) >= 11 is 0. The van der Waals surface area contributed by atoms with E-state index in [0.29, 0.717) is 12.1 Å². The first-order valence-electron chi connectivity index (χ1n) is 9.52.